The fourth-order valence-electron chi connectivity index (χ4n) is 6.89. The fraction of sp³-hybridized carbons (Fsp3) is 0. The summed E-state index contributed by atoms with van der Waals surface area (Å²) in [5, 5.41) is 4.56. The molecule has 5 heteroatoms. The van der Waals surface area contributed by atoms with Gasteiger partial charge in [0, 0.05) is 42.5 Å². The molecular formula is C43H26N2O2S. The third-order valence-corrected chi connectivity index (χ3v) is 10.2. The molecule has 48 heavy (non-hydrogen) atoms. The Bertz CT molecular complexity index is 2780. The zero-order valence-electron chi connectivity index (χ0n) is 25.6. The van der Waals surface area contributed by atoms with Gasteiger partial charge in [-0.05, 0) is 90.0 Å². The lowest BCUT2D eigenvalue weighted by Gasteiger charge is -2.26. The van der Waals surface area contributed by atoms with Gasteiger partial charge in [-0.25, -0.2) is 4.98 Å². The first kappa shape index (κ1) is 27.0. The van der Waals surface area contributed by atoms with Gasteiger partial charge in [0.25, 0.3) is 0 Å². The standard InChI is InChI=1S/C43H26N2O2S/c1-3-10-28(11-4-1)43-44-42-36(47-43)25-24-35-41(42)32-23-20-29(26-37(32)46-35)27-18-21-31(22-19-27)45(30-12-5-2-6-13-30)34-15-9-17-39-40(34)33-14-7-8-16-38(33)48-39/h1-26H. The maximum Gasteiger partial charge on any atom is 0.227 e. The summed E-state index contributed by atoms with van der Waals surface area (Å²) in [5.74, 6) is 0.608. The van der Waals surface area contributed by atoms with E-state index in [2.05, 4.69) is 120 Å². The number of furan rings is 1. The van der Waals surface area contributed by atoms with Crippen LogP contribution in [0.3, 0.4) is 0 Å². The highest BCUT2D eigenvalue weighted by molar-refractivity contribution is 7.26. The number of hydrogen-bond acceptors (Lipinski definition) is 5. The van der Waals surface area contributed by atoms with Crippen LogP contribution in [0.25, 0.3) is 75.8 Å². The molecule has 0 spiro atoms. The van der Waals surface area contributed by atoms with Crippen LogP contribution in [-0.2, 0) is 0 Å². The van der Waals surface area contributed by atoms with E-state index < -0.39 is 0 Å². The van der Waals surface area contributed by atoms with E-state index in [9.17, 15) is 0 Å². The molecule has 0 saturated carbocycles. The Morgan fingerprint density at radius 1 is 0.458 bits per heavy atom. The second-order valence-electron chi connectivity index (χ2n) is 11.9. The van der Waals surface area contributed by atoms with Gasteiger partial charge >= 0.3 is 0 Å². The number of fused-ring (bicyclic) bond motifs is 8. The molecule has 10 rings (SSSR count). The first-order valence-electron chi connectivity index (χ1n) is 16.0. The van der Waals surface area contributed by atoms with Crippen molar-refractivity contribution in [3.05, 3.63) is 158 Å². The van der Waals surface area contributed by atoms with E-state index in [0.29, 0.717) is 5.89 Å². The highest BCUT2D eigenvalue weighted by Gasteiger charge is 2.19. The molecule has 0 amide bonds. The lowest BCUT2D eigenvalue weighted by Crippen LogP contribution is -2.10. The fourth-order valence-corrected chi connectivity index (χ4v) is 8.01. The average Bonchev–Trinajstić information content (AvgIpc) is 3.86. The third kappa shape index (κ3) is 4.25. The van der Waals surface area contributed by atoms with Crippen LogP contribution in [0, 0.1) is 0 Å². The van der Waals surface area contributed by atoms with Crippen molar-refractivity contribution >= 4 is 81.6 Å². The summed E-state index contributed by atoms with van der Waals surface area (Å²) in [6, 6.07) is 55.1. The second-order valence-corrected chi connectivity index (χ2v) is 13.0. The van der Waals surface area contributed by atoms with E-state index in [1.54, 1.807) is 0 Å². The van der Waals surface area contributed by atoms with Crippen LogP contribution in [0.1, 0.15) is 0 Å². The minimum atomic E-state index is 0.608. The van der Waals surface area contributed by atoms with Gasteiger partial charge in [0.15, 0.2) is 5.58 Å². The molecule has 0 bridgehead atoms. The van der Waals surface area contributed by atoms with Gasteiger partial charge in [0.1, 0.15) is 16.7 Å². The predicted molar refractivity (Wildman–Crippen MR) is 200 cm³/mol. The molecule has 0 aliphatic rings. The van der Waals surface area contributed by atoms with Crippen LogP contribution in [0.15, 0.2) is 167 Å². The normalized spacial score (nSPS) is 11.8. The largest absolute Gasteiger partial charge is 0.456 e. The number of anilines is 3. The zero-order chi connectivity index (χ0) is 31.6. The van der Waals surface area contributed by atoms with E-state index in [-0.39, 0.29) is 0 Å². The molecule has 0 aliphatic carbocycles. The van der Waals surface area contributed by atoms with Crippen molar-refractivity contribution in [2.45, 2.75) is 0 Å². The van der Waals surface area contributed by atoms with Crippen molar-refractivity contribution in [2.24, 2.45) is 0 Å². The van der Waals surface area contributed by atoms with Crippen LogP contribution in [0.5, 0.6) is 0 Å². The summed E-state index contributed by atoms with van der Waals surface area (Å²) < 4.78 is 15.1. The number of nitrogens with zero attached hydrogens (tertiary/aromatic N) is 2. The van der Waals surface area contributed by atoms with Crippen LogP contribution in [0.2, 0.25) is 0 Å². The van der Waals surface area contributed by atoms with E-state index in [1.165, 1.54) is 25.9 Å². The second kappa shape index (κ2) is 10.7. The third-order valence-electron chi connectivity index (χ3n) is 9.11. The van der Waals surface area contributed by atoms with Crippen LogP contribution in [-0.4, -0.2) is 4.98 Å². The molecule has 10 aromatic rings. The topological polar surface area (TPSA) is 42.4 Å². The molecule has 0 fully saturated rings. The maximum absolute atomic E-state index is 6.39. The van der Waals surface area contributed by atoms with E-state index in [4.69, 9.17) is 13.8 Å². The molecule has 4 nitrogen and oxygen atoms in total. The lowest BCUT2D eigenvalue weighted by molar-refractivity contribution is 0.619. The number of rotatable bonds is 5. The highest BCUT2D eigenvalue weighted by Crippen LogP contribution is 2.45. The van der Waals surface area contributed by atoms with Gasteiger partial charge in [-0.15, -0.1) is 11.3 Å². The molecule has 0 radical (unpaired) electrons. The van der Waals surface area contributed by atoms with Crippen molar-refractivity contribution in [1.29, 1.82) is 0 Å². The molecule has 3 aromatic heterocycles. The molecule has 0 unspecified atom stereocenters. The summed E-state index contributed by atoms with van der Waals surface area (Å²) >= 11 is 1.84. The lowest BCUT2D eigenvalue weighted by atomic mass is 10.0. The van der Waals surface area contributed by atoms with Crippen molar-refractivity contribution in [2.75, 3.05) is 4.90 Å². The van der Waals surface area contributed by atoms with Gasteiger partial charge in [0.05, 0.1) is 11.1 Å². The molecule has 226 valence electrons. The first-order valence-corrected chi connectivity index (χ1v) is 16.8. The van der Waals surface area contributed by atoms with Gasteiger partial charge in [-0.2, -0.15) is 0 Å². The van der Waals surface area contributed by atoms with Crippen molar-refractivity contribution in [1.82, 2.24) is 4.98 Å². The van der Waals surface area contributed by atoms with E-state index >= 15 is 0 Å². The number of thiophene rings is 1. The summed E-state index contributed by atoms with van der Waals surface area (Å²) in [6.07, 6.45) is 0. The monoisotopic (exact) mass is 634 g/mol. The predicted octanol–water partition coefficient (Wildman–Crippen LogP) is 12.9. The van der Waals surface area contributed by atoms with Crippen molar-refractivity contribution in [3.8, 4) is 22.6 Å². The van der Waals surface area contributed by atoms with Gasteiger partial charge in [-0.3, -0.25) is 0 Å². The molecule has 3 heterocycles. The number of oxazole rings is 1. The van der Waals surface area contributed by atoms with Crippen LogP contribution in [0.4, 0.5) is 17.1 Å². The molecular weight excluding hydrogens is 609 g/mol. The number of hydrogen-bond donors (Lipinski definition) is 0. The number of aromatic nitrogens is 1. The van der Waals surface area contributed by atoms with Crippen molar-refractivity contribution < 1.29 is 8.83 Å². The van der Waals surface area contributed by atoms with Crippen LogP contribution < -0.4 is 4.90 Å². The Hall–Kier alpha value is -6.17. The van der Waals surface area contributed by atoms with Crippen molar-refractivity contribution in [3.63, 3.8) is 0 Å². The Morgan fingerprint density at radius 2 is 1.17 bits per heavy atom. The number of para-hydroxylation sites is 1. The van der Waals surface area contributed by atoms with Gasteiger partial charge in [0.2, 0.25) is 5.89 Å². The number of benzene rings is 7. The summed E-state index contributed by atoms with van der Waals surface area (Å²) in [4.78, 5) is 7.25. The molecule has 0 saturated heterocycles. The average molecular weight is 635 g/mol. The Kier molecular flexibility index (Phi) is 6.01. The molecule has 0 atom stereocenters. The first-order chi connectivity index (χ1) is 23.8. The SMILES string of the molecule is c1ccc(-c2nc3c(ccc4oc5cc(-c6ccc(N(c7ccccc7)c7cccc8sc9ccccc9c78)cc6)ccc5c43)o2)cc1. The smallest absolute Gasteiger partial charge is 0.227 e. The van der Waals surface area contributed by atoms with Gasteiger partial charge in [-0.1, -0.05) is 78.9 Å². The molecule has 0 aliphatic heterocycles. The summed E-state index contributed by atoms with van der Waals surface area (Å²) in [5.41, 5.74) is 9.73. The van der Waals surface area contributed by atoms with E-state index in [1.807, 2.05) is 53.8 Å². The Labute approximate surface area is 279 Å². The quantitative estimate of drug-likeness (QED) is 0.189. The summed E-state index contributed by atoms with van der Waals surface area (Å²) in [6.45, 7) is 0. The van der Waals surface area contributed by atoms with Gasteiger partial charge < -0.3 is 13.7 Å². The van der Waals surface area contributed by atoms with E-state index in [0.717, 1.165) is 61.1 Å². The Balaban J connectivity index is 1.06. The zero-order valence-corrected chi connectivity index (χ0v) is 26.4. The summed E-state index contributed by atoms with van der Waals surface area (Å²) in [7, 11) is 0. The minimum absolute atomic E-state index is 0.608. The maximum atomic E-state index is 6.39. The highest BCUT2D eigenvalue weighted by atomic mass is 32.1. The molecule has 7 aromatic carbocycles. The Morgan fingerprint density at radius 3 is 2.02 bits per heavy atom. The molecule has 0 N–H and O–H groups in total. The van der Waals surface area contributed by atoms with Crippen LogP contribution >= 0.6 is 11.3 Å². The minimum Gasteiger partial charge on any atom is -0.456 e.